The van der Waals surface area contributed by atoms with Gasteiger partial charge in [-0.05, 0) is 37.6 Å². The van der Waals surface area contributed by atoms with Crippen molar-refractivity contribution in [2.24, 2.45) is 5.73 Å². The quantitative estimate of drug-likeness (QED) is 0.686. The number of aliphatic hydroxyl groups excluding tert-OH is 1. The van der Waals surface area contributed by atoms with Gasteiger partial charge < -0.3 is 21.1 Å². The summed E-state index contributed by atoms with van der Waals surface area (Å²) in [6, 6.07) is 6.63. The number of aliphatic hydroxyl groups is 1. The average molecular weight is 291 g/mol. The zero-order valence-corrected chi connectivity index (χ0v) is 11.9. The van der Waals surface area contributed by atoms with E-state index < -0.39 is 5.91 Å². The van der Waals surface area contributed by atoms with E-state index in [1.165, 1.54) is 6.07 Å². The van der Waals surface area contributed by atoms with E-state index in [9.17, 15) is 9.59 Å². The molecular weight excluding hydrogens is 270 g/mol. The summed E-state index contributed by atoms with van der Waals surface area (Å²) in [5.41, 5.74) is 5.96. The van der Waals surface area contributed by atoms with Gasteiger partial charge in [0.15, 0.2) is 0 Å². The Kier molecular flexibility index (Phi) is 5.30. The number of nitrogens with two attached hydrogens (primary N) is 1. The Labute approximate surface area is 123 Å². The minimum absolute atomic E-state index is 0.0893. The number of nitrogens with zero attached hydrogens (tertiary/aromatic N) is 1. The minimum atomic E-state index is -0.559. The lowest BCUT2D eigenvalue weighted by atomic mass is 10.1. The molecule has 6 nitrogen and oxygen atoms in total. The number of carbonyl (C=O) groups is 2. The summed E-state index contributed by atoms with van der Waals surface area (Å²) in [4.78, 5) is 25.3. The average Bonchev–Trinajstić information content (AvgIpc) is 2.99. The first-order valence-corrected chi connectivity index (χ1v) is 7.15. The molecule has 2 amide bonds. The van der Waals surface area contributed by atoms with Gasteiger partial charge in [0.25, 0.3) is 5.91 Å². The fraction of sp³-hybridized carbons (Fsp3) is 0.467. The second kappa shape index (κ2) is 7.19. The van der Waals surface area contributed by atoms with E-state index in [4.69, 9.17) is 10.8 Å². The third kappa shape index (κ3) is 4.03. The van der Waals surface area contributed by atoms with Crippen molar-refractivity contribution in [1.82, 2.24) is 10.2 Å². The molecule has 0 saturated carbocycles. The lowest BCUT2D eigenvalue weighted by Crippen LogP contribution is -2.42. The van der Waals surface area contributed by atoms with Crippen LogP contribution in [0.1, 0.15) is 33.6 Å². The summed E-state index contributed by atoms with van der Waals surface area (Å²) in [5, 5.41) is 12.5. The van der Waals surface area contributed by atoms with Crippen LogP contribution in [-0.2, 0) is 0 Å². The number of amides is 2. The molecule has 1 aromatic carbocycles. The molecule has 0 radical (unpaired) electrons. The minimum Gasteiger partial charge on any atom is -0.395 e. The van der Waals surface area contributed by atoms with Crippen LogP contribution in [0.5, 0.6) is 0 Å². The van der Waals surface area contributed by atoms with E-state index in [1.54, 1.807) is 23.1 Å². The maximum Gasteiger partial charge on any atom is 0.254 e. The molecule has 0 spiro atoms. The first kappa shape index (κ1) is 15.5. The maximum absolute atomic E-state index is 12.5. The van der Waals surface area contributed by atoms with Crippen LogP contribution < -0.4 is 11.1 Å². The molecule has 4 N–H and O–H groups in total. The highest BCUT2D eigenvalue weighted by molar-refractivity contribution is 5.99. The highest BCUT2D eigenvalue weighted by Gasteiger charge is 2.22. The molecule has 0 aliphatic carbocycles. The Morgan fingerprint density at radius 1 is 1.38 bits per heavy atom. The molecule has 114 valence electrons. The predicted octanol–water partition coefficient (Wildman–Crippen LogP) is -0.0280. The van der Waals surface area contributed by atoms with E-state index >= 15 is 0 Å². The van der Waals surface area contributed by atoms with Crippen molar-refractivity contribution in [3.05, 3.63) is 35.4 Å². The smallest absolute Gasteiger partial charge is 0.254 e. The van der Waals surface area contributed by atoms with Gasteiger partial charge in [0.05, 0.1) is 6.61 Å². The lowest BCUT2D eigenvalue weighted by Gasteiger charge is -2.25. The standard InChI is InChI=1S/C15H21N3O3/c16-14(20)11-3-1-4-12(9-11)15(21)18(7-8-19)10-13-5-2-6-17-13/h1,3-4,9,13,17,19H,2,5-8,10H2,(H2,16,20). The molecule has 1 aliphatic heterocycles. The van der Waals surface area contributed by atoms with Crippen LogP contribution in [0.2, 0.25) is 0 Å². The van der Waals surface area contributed by atoms with Gasteiger partial charge in [0, 0.05) is 30.3 Å². The van der Waals surface area contributed by atoms with Crippen LogP contribution in [0.15, 0.2) is 24.3 Å². The zero-order valence-electron chi connectivity index (χ0n) is 11.9. The molecule has 0 bridgehead atoms. The molecule has 1 aliphatic rings. The normalized spacial score (nSPS) is 17.7. The third-order valence-electron chi connectivity index (χ3n) is 3.65. The number of benzene rings is 1. The van der Waals surface area contributed by atoms with E-state index in [0.29, 0.717) is 17.7 Å². The van der Waals surface area contributed by atoms with Crippen molar-refractivity contribution in [2.45, 2.75) is 18.9 Å². The molecule has 1 saturated heterocycles. The number of rotatable bonds is 6. The molecule has 2 rings (SSSR count). The number of nitrogens with one attached hydrogen (secondary N) is 1. The van der Waals surface area contributed by atoms with Crippen LogP contribution in [0, 0.1) is 0 Å². The SMILES string of the molecule is NC(=O)c1cccc(C(=O)N(CCO)CC2CCCN2)c1. The van der Waals surface area contributed by atoms with Crippen LogP contribution in [0.3, 0.4) is 0 Å². The van der Waals surface area contributed by atoms with E-state index in [2.05, 4.69) is 5.32 Å². The first-order valence-electron chi connectivity index (χ1n) is 7.15. The highest BCUT2D eigenvalue weighted by Crippen LogP contribution is 2.12. The van der Waals surface area contributed by atoms with Gasteiger partial charge in [0.1, 0.15) is 0 Å². The fourth-order valence-corrected chi connectivity index (χ4v) is 2.56. The maximum atomic E-state index is 12.5. The molecule has 21 heavy (non-hydrogen) atoms. The van der Waals surface area contributed by atoms with Crippen LogP contribution in [-0.4, -0.2) is 54.1 Å². The molecule has 1 aromatic rings. The van der Waals surface area contributed by atoms with Crippen molar-refractivity contribution in [1.29, 1.82) is 0 Å². The molecule has 6 heteroatoms. The van der Waals surface area contributed by atoms with Gasteiger partial charge in [-0.2, -0.15) is 0 Å². The molecule has 0 aromatic heterocycles. The topological polar surface area (TPSA) is 95.7 Å². The molecular formula is C15H21N3O3. The van der Waals surface area contributed by atoms with Gasteiger partial charge >= 0.3 is 0 Å². The second-order valence-corrected chi connectivity index (χ2v) is 5.21. The summed E-state index contributed by atoms with van der Waals surface area (Å²) in [6.45, 7) is 1.70. The highest BCUT2D eigenvalue weighted by atomic mass is 16.3. The molecule has 1 unspecified atom stereocenters. The van der Waals surface area contributed by atoms with Crippen LogP contribution in [0.4, 0.5) is 0 Å². The van der Waals surface area contributed by atoms with E-state index in [-0.39, 0.29) is 25.1 Å². The number of hydrogen-bond acceptors (Lipinski definition) is 4. The predicted molar refractivity (Wildman–Crippen MR) is 79.0 cm³/mol. The summed E-state index contributed by atoms with van der Waals surface area (Å²) >= 11 is 0. The third-order valence-corrected chi connectivity index (χ3v) is 3.65. The summed E-state index contributed by atoms with van der Waals surface area (Å²) in [5.74, 6) is -0.753. The van der Waals surface area contributed by atoms with E-state index in [1.807, 2.05) is 0 Å². The van der Waals surface area contributed by atoms with Crippen molar-refractivity contribution in [2.75, 3.05) is 26.2 Å². The summed E-state index contributed by atoms with van der Waals surface area (Å²) < 4.78 is 0. The number of primary amides is 1. The van der Waals surface area contributed by atoms with E-state index in [0.717, 1.165) is 19.4 Å². The zero-order chi connectivity index (χ0) is 15.2. The Bertz CT molecular complexity index is 513. The van der Waals surface area contributed by atoms with Crippen molar-refractivity contribution in [3.8, 4) is 0 Å². The van der Waals surface area contributed by atoms with Crippen LogP contribution in [0.25, 0.3) is 0 Å². The van der Waals surface area contributed by atoms with Crippen molar-refractivity contribution in [3.63, 3.8) is 0 Å². The summed E-state index contributed by atoms with van der Waals surface area (Å²) in [7, 11) is 0. The largest absolute Gasteiger partial charge is 0.395 e. The monoisotopic (exact) mass is 291 g/mol. The van der Waals surface area contributed by atoms with Gasteiger partial charge in [-0.25, -0.2) is 0 Å². The Balaban J connectivity index is 2.12. The molecule has 1 fully saturated rings. The van der Waals surface area contributed by atoms with Crippen molar-refractivity contribution < 1.29 is 14.7 Å². The molecule has 1 atom stereocenters. The van der Waals surface area contributed by atoms with Gasteiger partial charge in [-0.1, -0.05) is 6.07 Å². The second-order valence-electron chi connectivity index (χ2n) is 5.21. The fourth-order valence-electron chi connectivity index (χ4n) is 2.56. The Hall–Kier alpha value is -1.92. The van der Waals surface area contributed by atoms with Gasteiger partial charge in [0.2, 0.25) is 5.91 Å². The Morgan fingerprint density at radius 2 is 2.14 bits per heavy atom. The summed E-state index contributed by atoms with van der Waals surface area (Å²) in [6.07, 6.45) is 2.12. The molecule has 1 heterocycles. The number of hydrogen-bond donors (Lipinski definition) is 3. The van der Waals surface area contributed by atoms with Crippen molar-refractivity contribution >= 4 is 11.8 Å². The first-order chi connectivity index (χ1) is 10.1. The number of carbonyl (C=O) groups excluding carboxylic acids is 2. The van der Waals surface area contributed by atoms with Gasteiger partial charge in [-0.3, -0.25) is 9.59 Å². The van der Waals surface area contributed by atoms with Gasteiger partial charge in [-0.15, -0.1) is 0 Å². The Morgan fingerprint density at radius 3 is 2.76 bits per heavy atom. The lowest BCUT2D eigenvalue weighted by molar-refractivity contribution is 0.0706. The van der Waals surface area contributed by atoms with Crippen LogP contribution >= 0.6 is 0 Å².